The molecule has 0 atom stereocenters. The van der Waals surface area contributed by atoms with Crippen LogP contribution in [-0.2, 0) is 6.42 Å². The molecule has 0 aliphatic carbocycles. The van der Waals surface area contributed by atoms with Gasteiger partial charge in [0.15, 0.2) is 0 Å². The molecule has 0 aliphatic heterocycles. The molecule has 84 valence electrons. The van der Waals surface area contributed by atoms with Gasteiger partial charge in [0.2, 0.25) is 0 Å². The number of rotatable bonds is 4. The number of aromatic hydroxyl groups is 1. The number of unbranched alkanes of at least 4 members (excludes halogenated alkanes) is 1. The van der Waals surface area contributed by atoms with E-state index in [9.17, 15) is 9.50 Å². The van der Waals surface area contributed by atoms with Gasteiger partial charge in [0.1, 0.15) is 11.6 Å². The Bertz CT molecular complexity index is 332. The predicted molar refractivity (Wildman–Crippen MR) is 60.8 cm³/mol. The SMILES string of the molecule is CCCCc1cc(F)c(C(C)C)cc1O. The van der Waals surface area contributed by atoms with E-state index in [1.54, 1.807) is 6.07 Å². The fourth-order valence-electron chi connectivity index (χ4n) is 1.63. The average Bonchev–Trinajstić information content (AvgIpc) is 2.18. The first-order valence-corrected chi connectivity index (χ1v) is 5.57. The monoisotopic (exact) mass is 210 g/mol. The molecule has 0 fully saturated rings. The van der Waals surface area contributed by atoms with Crippen molar-refractivity contribution in [1.29, 1.82) is 0 Å². The minimum Gasteiger partial charge on any atom is -0.508 e. The minimum absolute atomic E-state index is 0.108. The third kappa shape index (κ3) is 2.95. The molecule has 0 aromatic heterocycles. The fraction of sp³-hybridized carbons (Fsp3) is 0.538. The highest BCUT2D eigenvalue weighted by molar-refractivity contribution is 5.38. The van der Waals surface area contributed by atoms with Crippen LogP contribution in [0.5, 0.6) is 5.75 Å². The van der Waals surface area contributed by atoms with Gasteiger partial charge in [-0.2, -0.15) is 0 Å². The molecular weight excluding hydrogens is 191 g/mol. The second-order valence-electron chi connectivity index (χ2n) is 4.26. The normalized spacial score (nSPS) is 11.0. The lowest BCUT2D eigenvalue weighted by molar-refractivity contribution is 0.461. The molecule has 0 unspecified atom stereocenters. The molecule has 0 aliphatic rings. The number of benzene rings is 1. The fourth-order valence-corrected chi connectivity index (χ4v) is 1.63. The van der Waals surface area contributed by atoms with Crippen LogP contribution in [-0.4, -0.2) is 5.11 Å². The van der Waals surface area contributed by atoms with Crippen LogP contribution < -0.4 is 0 Å². The van der Waals surface area contributed by atoms with Crippen molar-refractivity contribution < 1.29 is 9.50 Å². The van der Waals surface area contributed by atoms with Gasteiger partial charge in [0, 0.05) is 0 Å². The van der Waals surface area contributed by atoms with E-state index < -0.39 is 0 Å². The van der Waals surface area contributed by atoms with Gasteiger partial charge in [0.05, 0.1) is 0 Å². The Balaban J connectivity index is 2.97. The van der Waals surface area contributed by atoms with Crippen LogP contribution in [0.25, 0.3) is 0 Å². The molecule has 1 aromatic rings. The first-order chi connectivity index (χ1) is 7.06. The van der Waals surface area contributed by atoms with E-state index in [4.69, 9.17) is 0 Å². The first kappa shape index (κ1) is 12.0. The van der Waals surface area contributed by atoms with E-state index >= 15 is 0 Å². The van der Waals surface area contributed by atoms with E-state index in [2.05, 4.69) is 6.92 Å². The molecule has 0 amide bonds. The third-order valence-electron chi connectivity index (χ3n) is 2.62. The summed E-state index contributed by atoms with van der Waals surface area (Å²) >= 11 is 0. The van der Waals surface area contributed by atoms with Crippen molar-refractivity contribution in [2.45, 2.75) is 46.0 Å². The highest BCUT2D eigenvalue weighted by Gasteiger charge is 2.11. The van der Waals surface area contributed by atoms with Crippen molar-refractivity contribution in [3.8, 4) is 5.75 Å². The average molecular weight is 210 g/mol. The predicted octanol–water partition coefficient (Wildman–Crippen LogP) is 4.00. The van der Waals surface area contributed by atoms with Crippen molar-refractivity contribution in [3.63, 3.8) is 0 Å². The standard InChI is InChI=1S/C13H19FO/c1-4-5-6-10-7-12(14)11(9(2)3)8-13(10)15/h7-9,15H,4-6H2,1-3H3. The Labute approximate surface area is 90.9 Å². The summed E-state index contributed by atoms with van der Waals surface area (Å²) in [6, 6.07) is 3.03. The smallest absolute Gasteiger partial charge is 0.127 e. The molecule has 0 spiro atoms. The summed E-state index contributed by atoms with van der Waals surface area (Å²) in [6.07, 6.45) is 2.78. The molecule has 1 N–H and O–H groups in total. The van der Waals surface area contributed by atoms with Crippen LogP contribution in [0.3, 0.4) is 0 Å². The third-order valence-corrected chi connectivity index (χ3v) is 2.62. The van der Waals surface area contributed by atoms with Crippen LogP contribution in [0.4, 0.5) is 4.39 Å². The number of phenols is 1. The number of phenolic OH excluding ortho intramolecular Hbond substituents is 1. The molecule has 1 aromatic carbocycles. The van der Waals surface area contributed by atoms with Gasteiger partial charge >= 0.3 is 0 Å². The zero-order valence-electron chi connectivity index (χ0n) is 9.68. The number of hydrogen-bond acceptors (Lipinski definition) is 1. The quantitative estimate of drug-likeness (QED) is 0.796. The summed E-state index contributed by atoms with van der Waals surface area (Å²) in [7, 11) is 0. The minimum atomic E-state index is -0.200. The molecular formula is C13H19FO. The van der Waals surface area contributed by atoms with Gasteiger partial charge in [-0.15, -0.1) is 0 Å². The molecule has 15 heavy (non-hydrogen) atoms. The molecule has 0 saturated carbocycles. The second kappa shape index (κ2) is 5.15. The lowest BCUT2D eigenvalue weighted by atomic mass is 9.98. The number of hydrogen-bond donors (Lipinski definition) is 1. The van der Waals surface area contributed by atoms with Gasteiger partial charge in [-0.1, -0.05) is 27.2 Å². The van der Waals surface area contributed by atoms with Crippen LogP contribution in [0.15, 0.2) is 12.1 Å². The lowest BCUT2D eigenvalue weighted by Crippen LogP contribution is -1.96. The number of aryl methyl sites for hydroxylation is 1. The Morgan fingerprint density at radius 3 is 2.53 bits per heavy atom. The number of halogens is 1. The van der Waals surface area contributed by atoms with Gasteiger partial charge in [-0.3, -0.25) is 0 Å². The van der Waals surface area contributed by atoms with E-state index in [0.29, 0.717) is 5.56 Å². The zero-order valence-corrected chi connectivity index (χ0v) is 9.68. The molecule has 0 radical (unpaired) electrons. The Morgan fingerprint density at radius 2 is 2.00 bits per heavy atom. The van der Waals surface area contributed by atoms with Crippen molar-refractivity contribution in [1.82, 2.24) is 0 Å². The Kier molecular flexibility index (Phi) is 4.13. The molecule has 2 heteroatoms. The maximum Gasteiger partial charge on any atom is 0.127 e. The van der Waals surface area contributed by atoms with E-state index in [-0.39, 0.29) is 17.5 Å². The Hall–Kier alpha value is -1.05. The maximum atomic E-state index is 13.6. The summed E-state index contributed by atoms with van der Waals surface area (Å²) in [5, 5.41) is 9.72. The van der Waals surface area contributed by atoms with Crippen LogP contribution >= 0.6 is 0 Å². The van der Waals surface area contributed by atoms with E-state index in [0.717, 1.165) is 24.8 Å². The highest BCUT2D eigenvalue weighted by Crippen LogP contribution is 2.27. The largest absolute Gasteiger partial charge is 0.508 e. The highest BCUT2D eigenvalue weighted by atomic mass is 19.1. The van der Waals surface area contributed by atoms with Gasteiger partial charge in [-0.25, -0.2) is 4.39 Å². The second-order valence-corrected chi connectivity index (χ2v) is 4.26. The van der Waals surface area contributed by atoms with Crippen LogP contribution in [0.1, 0.15) is 50.7 Å². The summed E-state index contributed by atoms with van der Waals surface area (Å²) in [6.45, 7) is 5.92. The van der Waals surface area contributed by atoms with E-state index in [1.807, 2.05) is 13.8 Å². The maximum absolute atomic E-state index is 13.6. The van der Waals surface area contributed by atoms with Crippen LogP contribution in [0.2, 0.25) is 0 Å². The molecule has 1 nitrogen and oxygen atoms in total. The zero-order chi connectivity index (χ0) is 11.4. The van der Waals surface area contributed by atoms with Gasteiger partial charge < -0.3 is 5.11 Å². The summed E-state index contributed by atoms with van der Waals surface area (Å²) in [5.74, 6) is 0.138. The topological polar surface area (TPSA) is 20.2 Å². The molecule has 0 bridgehead atoms. The summed E-state index contributed by atoms with van der Waals surface area (Å²) in [4.78, 5) is 0. The van der Waals surface area contributed by atoms with Crippen LogP contribution in [0, 0.1) is 5.82 Å². The van der Waals surface area contributed by atoms with Gasteiger partial charge in [-0.05, 0) is 42.0 Å². The molecule has 1 rings (SSSR count). The van der Waals surface area contributed by atoms with Crippen molar-refractivity contribution >= 4 is 0 Å². The van der Waals surface area contributed by atoms with Crippen molar-refractivity contribution in [3.05, 3.63) is 29.1 Å². The Morgan fingerprint density at radius 1 is 1.33 bits per heavy atom. The van der Waals surface area contributed by atoms with Gasteiger partial charge in [0.25, 0.3) is 0 Å². The summed E-state index contributed by atoms with van der Waals surface area (Å²) in [5.41, 5.74) is 1.31. The van der Waals surface area contributed by atoms with Crippen molar-refractivity contribution in [2.24, 2.45) is 0 Å². The molecule has 0 heterocycles. The molecule has 0 saturated heterocycles. The first-order valence-electron chi connectivity index (χ1n) is 5.57. The van der Waals surface area contributed by atoms with Crippen molar-refractivity contribution in [2.75, 3.05) is 0 Å². The van der Waals surface area contributed by atoms with E-state index in [1.165, 1.54) is 6.07 Å². The summed E-state index contributed by atoms with van der Waals surface area (Å²) < 4.78 is 13.6. The lowest BCUT2D eigenvalue weighted by Gasteiger charge is -2.11.